The van der Waals surface area contributed by atoms with E-state index in [1.165, 1.54) is 16.7 Å². The van der Waals surface area contributed by atoms with Gasteiger partial charge in [0.05, 0.1) is 16.5 Å². The number of carbonyl (C=O) groups is 2. The summed E-state index contributed by atoms with van der Waals surface area (Å²) in [7, 11) is -2.43. The van der Waals surface area contributed by atoms with E-state index in [0.29, 0.717) is 19.3 Å². The number of sulfonamides is 1. The fraction of sp³-hybridized carbons (Fsp3) is 0.346. The zero-order valence-corrected chi connectivity index (χ0v) is 24.0. The number of aromatic nitrogens is 1. The van der Waals surface area contributed by atoms with Gasteiger partial charge in [-0.15, -0.1) is 0 Å². The Bertz CT molecular complexity index is 1450. The van der Waals surface area contributed by atoms with Crippen molar-refractivity contribution in [2.24, 2.45) is 12.8 Å². The first-order chi connectivity index (χ1) is 17.2. The minimum atomic E-state index is -4.06. The number of aryl methyl sites for hydroxylation is 1. The number of nitrogens with two attached hydrogens (primary N) is 1. The molecule has 37 heavy (non-hydrogen) atoms. The Morgan fingerprint density at radius 2 is 1.70 bits per heavy atom. The maximum Gasteiger partial charge on any atom is 0.328 e. The van der Waals surface area contributed by atoms with E-state index in [1.807, 2.05) is 24.3 Å². The maximum absolute atomic E-state index is 13.1. The Balaban J connectivity index is 0.00000380. The molecule has 11 heteroatoms. The van der Waals surface area contributed by atoms with Crippen LogP contribution in [0.25, 0.3) is 10.9 Å². The van der Waals surface area contributed by atoms with E-state index < -0.39 is 28.0 Å². The third kappa shape index (κ3) is 6.26. The Kier molecular flexibility index (Phi) is 9.57. The summed E-state index contributed by atoms with van der Waals surface area (Å²) in [5.74, 6) is -0.467. The molecule has 1 aliphatic rings. The number of amides is 3. The van der Waals surface area contributed by atoms with Crippen molar-refractivity contribution >= 4 is 62.4 Å². The molecule has 1 aromatic heterocycles. The van der Waals surface area contributed by atoms with Crippen LogP contribution in [0.4, 0.5) is 4.79 Å². The molecule has 3 N–H and O–H groups in total. The van der Waals surface area contributed by atoms with E-state index in [9.17, 15) is 22.8 Å². The van der Waals surface area contributed by atoms with Crippen LogP contribution in [0.5, 0.6) is 0 Å². The molecule has 0 aliphatic heterocycles. The van der Waals surface area contributed by atoms with Crippen molar-refractivity contribution in [2.45, 2.75) is 49.5 Å². The van der Waals surface area contributed by atoms with Crippen molar-refractivity contribution < 1.29 is 18.0 Å². The zero-order chi connectivity index (χ0) is 25.9. The molecule has 0 bridgehead atoms. The van der Waals surface area contributed by atoms with Gasteiger partial charge in [-0.2, -0.15) is 0 Å². The van der Waals surface area contributed by atoms with E-state index in [2.05, 4.69) is 5.32 Å². The summed E-state index contributed by atoms with van der Waals surface area (Å²) in [6, 6.07) is 13.7. The van der Waals surface area contributed by atoms with Gasteiger partial charge in [0, 0.05) is 43.1 Å². The van der Waals surface area contributed by atoms with Crippen molar-refractivity contribution in [1.82, 2.24) is 14.2 Å². The number of benzene rings is 2. The summed E-state index contributed by atoms with van der Waals surface area (Å²) in [4.78, 5) is 37.3. The number of nitrogens with one attached hydrogen (secondary N) is 1. The number of rotatable bonds is 7. The zero-order valence-electron chi connectivity index (χ0n) is 21.1. The van der Waals surface area contributed by atoms with Gasteiger partial charge in [0.1, 0.15) is 5.56 Å². The number of para-hydroxylation sites is 1. The minimum Gasteiger partial charge on any atom is -0.352 e. The molecule has 0 saturated heterocycles. The Labute approximate surface area is 238 Å². The number of hydrogen-bond donors (Lipinski definition) is 2. The maximum atomic E-state index is 13.1. The Morgan fingerprint density at radius 1 is 1.05 bits per heavy atom. The van der Waals surface area contributed by atoms with Gasteiger partial charge in [-0.1, -0.05) is 49.6 Å². The summed E-state index contributed by atoms with van der Waals surface area (Å²) in [6.45, 7) is 0.260. The van der Waals surface area contributed by atoms with Gasteiger partial charge in [-0.25, -0.2) is 17.5 Å². The molecule has 0 atom stereocenters. The van der Waals surface area contributed by atoms with Crippen LogP contribution >= 0.6 is 0 Å². The SMILES string of the molecule is Cn1c(=O)c(C(=O)NCCc2ccc(S(=O)(=O)N(C(N)=O)C3CCCCC3)cc2)cc2ccccc21.[Na]. The molecule has 9 nitrogen and oxygen atoms in total. The molecule has 1 heterocycles. The molecular formula is C26H30N4NaO5S. The van der Waals surface area contributed by atoms with Crippen LogP contribution in [0.15, 0.2) is 64.3 Å². The molecule has 1 radical (unpaired) electrons. The molecule has 1 fully saturated rings. The van der Waals surface area contributed by atoms with Gasteiger partial charge in [-0.05, 0) is 54.5 Å². The number of fused-ring (bicyclic) bond motifs is 1. The van der Waals surface area contributed by atoms with Gasteiger partial charge < -0.3 is 15.6 Å². The van der Waals surface area contributed by atoms with Gasteiger partial charge in [-0.3, -0.25) is 9.59 Å². The van der Waals surface area contributed by atoms with Gasteiger partial charge in [0.2, 0.25) is 0 Å². The number of nitrogens with zero attached hydrogens (tertiary/aromatic N) is 2. The standard InChI is InChI=1S/C26H30N4O5S.Na/c1-29-23-10-6-5-7-19(23)17-22(25(29)32)24(31)28-16-15-18-11-13-21(14-12-18)36(34,35)30(26(27)33)20-8-3-2-4-9-20;/h5-7,10-14,17,20H,2-4,8-9,15-16H2,1H3,(H2,27,33)(H,28,31);. The minimum absolute atomic E-state index is 0. The van der Waals surface area contributed by atoms with Gasteiger partial charge in [0.15, 0.2) is 0 Å². The quantitative estimate of drug-likeness (QED) is 0.451. The molecule has 3 aromatic rings. The molecule has 4 rings (SSSR count). The topological polar surface area (TPSA) is 132 Å². The van der Waals surface area contributed by atoms with E-state index >= 15 is 0 Å². The fourth-order valence-electron chi connectivity index (χ4n) is 4.75. The smallest absolute Gasteiger partial charge is 0.328 e. The number of hydrogen-bond acceptors (Lipinski definition) is 5. The first-order valence-corrected chi connectivity index (χ1v) is 13.4. The number of pyridine rings is 1. The average Bonchev–Trinajstić information content (AvgIpc) is 2.87. The molecule has 3 amide bonds. The van der Waals surface area contributed by atoms with Crippen molar-refractivity contribution in [3.05, 3.63) is 76.1 Å². The second kappa shape index (κ2) is 12.3. The van der Waals surface area contributed by atoms with Gasteiger partial charge in [0.25, 0.3) is 21.5 Å². The van der Waals surface area contributed by atoms with Crippen molar-refractivity contribution in [2.75, 3.05) is 6.54 Å². The number of urea groups is 1. The van der Waals surface area contributed by atoms with Crippen LogP contribution in [0.3, 0.4) is 0 Å². The summed E-state index contributed by atoms with van der Waals surface area (Å²) >= 11 is 0. The Hall–Kier alpha value is -2.66. The third-order valence-corrected chi connectivity index (χ3v) is 8.54. The van der Waals surface area contributed by atoms with Crippen molar-refractivity contribution in [1.29, 1.82) is 0 Å². The predicted octanol–water partition coefficient (Wildman–Crippen LogP) is 2.53. The average molecular weight is 534 g/mol. The van der Waals surface area contributed by atoms with E-state index in [4.69, 9.17) is 5.73 Å². The van der Waals surface area contributed by atoms with Crippen LogP contribution < -0.4 is 16.6 Å². The monoisotopic (exact) mass is 533 g/mol. The summed E-state index contributed by atoms with van der Waals surface area (Å²) in [5, 5.41) is 3.55. The van der Waals surface area contributed by atoms with Crippen LogP contribution in [-0.4, -0.2) is 71.4 Å². The van der Waals surface area contributed by atoms with Crippen LogP contribution in [0.2, 0.25) is 0 Å². The van der Waals surface area contributed by atoms with Crippen LogP contribution in [-0.2, 0) is 23.5 Å². The number of carbonyl (C=O) groups excluding carboxylic acids is 2. The first kappa shape index (κ1) is 28.9. The first-order valence-electron chi connectivity index (χ1n) is 12.0. The van der Waals surface area contributed by atoms with Crippen molar-refractivity contribution in [3.63, 3.8) is 0 Å². The second-order valence-electron chi connectivity index (χ2n) is 9.06. The molecule has 0 unspecified atom stereocenters. The second-order valence-corrected chi connectivity index (χ2v) is 10.9. The van der Waals surface area contributed by atoms with E-state index in [1.54, 1.807) is 25.2 Å². The predicted molar refractivity (Wildman–Crippen MR) is 143 cm³/mol. The van der Waals surface area contributed by atoms with Crippen molar-refractivity contribution in [3.8, 4) is 0 Å². The summed E-state index contributed by atoms with van der Waals surface area (Å²) in [5.41, 5.74) is 6.68. The molecule has 1 aliphatic carbocycles. The molecule has 0 spiro atoms. The normalized spacial score (nSPS) is 14.1. The van der Waals surface area contributed by atoms with Gasteiger partial charge >= 0.3 is 6.03 Å². The number of primary amides is 1. The Morgan fingerprint density at radius 3 is 2.35 bits per heavy atom. The third-order valence-electron chi connectivity index (χ3n) is 6.68. The molecule has 2 aromatic carbocycles. The largest absolute Gasteiger partial charge is 0.352 e. The molecule has 191 valence electrons. The van der Waals surface area contributed by atoms with E-state index in [-0.39, 0.29) is 52.1 Å². The fourth-order valence-corrected chi connectivity index (χ4v) is 6.30. The van der Waals surface area contributed by atoms with Crippen LogP contribution in [0, 0.1) is 0 Å². The molecular weight excluding hydrogens is 503 g/mol. The van der Waals surface area contributed by atoms with Crippen LogP contribution in [0.1, 0.15) is 48.0 Å². The summed E-state index contributed by atoms with van der Waals surface area (Å²) < 4.78 is 28.5. The molecule has 1 saturated carbocycles. The van der Waals surface area contributed by atoms with E-state index in [0.717, 1.165) is 40.0 Å². The summed E-state index contributed by atoms with van der Waals surface area (Å²) in [6.07, 6.45) is 4.40.